The van der Waals surface area contributed by atoms with Gasteiger partial charge in [-0.2, -0.15) is 0 Å². The van der Waals surface area contributed by atoms with Crippen molar-refractivity contribution in [2.75, 3.05) is 99.1 Å². The minimum Gasteiger partial charge on any atom is -0.437 e. The lowest BCUT2D eigenvalue weighted by Gasteiger charge is -2.44. The zero-order chi connectivity index (χ0) is 53.9. The maximum absolute atomic E-state index is 9.73. The first kappa shape index (κ1) is 72.5. The van der Waals surface area contributed by atoms with E-state index in [0.29, 0.717) is 58.7 Å². The van der Waals surface area contributed by atoms with Crippen molar-refractivity contribution < 1.29 is 70.0 Å². The van der Waals surface area contributed by atoms with Crippen molar-refractivity contribution in [3.63, 3.8) is 0 Å². The largest absolute Gasteiger partial charge is 0.437 e. The molecule has 0 saturated carbocycles. The van der Waals surface area contributed by atoms with Gasteiger partial charge in [-0.1, -0.05) is 103 Å². The SMILES string of the molecule is CCCCCCCCCCCCCCCCCCOCCOCCCCCOCCOCCC[Si](C)(O[Si](C)(C)O[Si](C)(C)C)O[Si](C)(CCCOC(COCC(O)CO)COCC(O)CO)O[Si](C)(C)C. The van der Waals surface area contributed by atoms with Crippen molar-refractivity contribution in [1.82, 2.24) is 0 Å². The van der Waals surface area contributed by atoms with Crippen LogP contribution in [0.15, 0.2) is 0 Å². The maximum Gasteiger partial charge on any atom is 0.317 e. The average Bonchev–Trinajstić information content (AvgIpc) is 3.28. The molecule has 0 bridgehead atoms. The molecule has 0 aromatic rings. The first-order valence-corrected chi connectivity index (χ1v) is 43.3. The van der Waals surface area contributed by atoms with Crippen LogP contribution in [0.3, 0.4) is 0 Å². The fourth-order valence-electron chi connectivity index (χ4n) is 8.67. The van der Waals surface area contributed by atoms with Gasteiger partial charge < -0.3 is 70.0 Å². The molecule has 0 aliphatic rings. The second-order valence-corrected chi connectivity index (χ2v) is 42.6. The van der Waals surface area contributed by atoms with E-state index in [4.69, 9.17) is 49.6 Å². The van der Waals surface area contributed by atoms with E-state index in [2.05, 4.69) is 72.4 Å². The Labute approximate surface area is 447 Å². The molecule has 0 aromatic heterocycles. The van der Waals surface area contributed by atoms with Gasteiger partial charge in [0.2, 0.25) is 0 Å². The molecule has 0 saturated heterocycles. The van der Waals surface area contributed by atoms with Gasteiger partial charge in [-0.15, -0.1) is 0 Å². The summed E-state index contributed by atoms with van der Waals surface area (Å²) in [6.07, 6.45) is 24.2. The molecule has 72 heavy (non-hydrogen) atoms. The van der Waals surface area contributed by atoms with Crippen LogP contribution in [0.25, 0.3) is 0 Å². The molecule has 20 heteroatoms. The van der Waals surface area contributed by atoms with E-state index < -0.39 is 73.8 Å². The summed E-state index contributed by atoms with van der Waals surface area (Å²) in [5, 5.41) is 37.8. The Hall–Kier alpha value is 0.484. The molecular formula is C52H116O15Si5. The van der Waals surface area contributed by atoms with Crippen molar-refractivity contribution in [2.24, 2.45) is 0 Å². The quantitative estimate of drug-likeness (QED) is 0.0333. The van der Waals surface area contributed by atoms with Crippen LogP contribution < -0.4 is 0 Å². The predicted molar refractivity (Wildman–Crippen MR) is 305 cm³/mol. The normalized spacial score (nSPS) is 15.7. The fourth-order valence-corrected chi connectivity index (χ4v) is 32.4. The van der Waals surface area contributed by atoms with Crippen LogP contribution >= 0.6 is 0 Å². The zero-order valence-corrected chi connectivity index (χ0v) is 53.4. The third-order valence-corrected chi connectivity index (χ3v) is 29.9. The number of ether oxygens (including phenoxy) is 7. The lowest BCUT2D eigenvalue weighted by atomic mass is 10.0. The standard InChI is InChI=1S/C52H116O15Si5/c1-12-13-14-15-16-17-18-19-20-21-22-23-24-25-26-28-33-57-38-39-58-34-29-27-30-35-59-40-41-60-36-31-42-72(11,66-70(8,9)64-68(2,3)4)67-71(10,65-69(5,6)7)43-32-37-63-52(48-61-46-50(55)44-53)49-62-47-51(56)45-54/h50-56H,12-49H2,1-11H3. The van der Waals surface area contributed by atoms with Gasteiger partial charge >= 0.3 is 25.7 Å². The summed E-state index contributed by atoms with van der Waals surface area (Å²) in [6.45, 7) is 29.0. The number of hydrogen-bond acceptors (Lipinski definition) is 15. The molecule has 434 valence electrons. The van der Waals surface area contributed by atoms with E-state index in [1.165, 1.54) is 96.3 Å². The van der Waals surface area contributed by atoms with Gasteiger partial charge in [0.15, 0.2) is 16.6 Å². The van der Waals surface area contributed by atoms with Crippen molar-refractivity contribution in [1.29, 1.82) is 0 Å². The topological polar surface area (TPSA) is 182 Å². The summed E-state index contributed by atoms with van der Waals surface area (Å²) in [5.41, 5.74) is 0. The van der Waals surface area contributed by atoms with E-state index >= 15 is 0 Å². The van der Waals surface area contributed by atoms with Crippen molar-refractivity contribution in [2.45, 2.75) is 238 Å². The molecule has 4 N–H and O–H groups in total. The van der Waals surface area contributed by atoms with Crippen LogP contribution in [0, 0.1) is 0 Å². The highest BCUT2D eigenvalue weighted by atomic mass is 28.5. The van der Waals surface area contributed by atoms with Gasteiger partial charge in [0.1, 0.15) is 18.3 Å². The highest BCUT2D eigenvalue weighted by Crippen LogP contribution is 2.32. The second kappa shape index (κ2) is 45.4. The van der Waals surface area contributed by atoms with Crippen LogP contribution in [0.1, 0.15) is 142 Å². The summed E-state index contributed by atoms with van der Waals surface area (Å²) >= 11 is 0. The maximum atomic E-state index is 9.73. The van der Waals surface area contributed by atoms with Crippen LogP contribution in [0.4, 0.5) is 0 Å². The molecule has 0 aliphatic carbocycles. The molecule has 0 rings (SSSR count). The van der Waals surface area contributed by atoms with Crippen molar-refractivity contribution in [3.8, 4) is 0 Å². The summed E-state index contributed by atoms with van der Waals surface area (Å²) in [5.74, 6) is 0. The van der Waals surface area contributed by atoms with E-state index in [1.807, 2.05) is 0 Å². The molecule has 4 unspecified atom stereocenters. The Balaban J connectivity index is 4.57. The third-order valence-electron chi connectivity index (χ3n) is 11.6. The van der Waals surface area contributed by atoms with Gasteiger partial charge in [-0.05, 0) is 116 Å². The molecule has 0 spiro atoms. The van der Waals surface area contributed by atoms with Crippen LogP contribution in [-0.2, 0) is 49.6 Å². The Morgan fingerprint density at radius 3 is 1.04 bits per heavy atom. The smallest absolute Gasteiger partial charge is 0.317 e. The van der Waals surface area contributed by atoms with E-state index in [1.54, 1.807) is 0 Å². The minimum absolute atomic E-state index is 0.0465. The van der Waals surface area contributed by atoms with E-state index in [0.717, 1.165) is 51.4 Å². The Morgan fingerprint density at radius 1 is 0.333 bits per heavy atom. The van der Waals surface area contributed by atoms with Gasteiger partial charge in [0.05, 0.1) is 66.1 Å². The molecule has 15 nitrogen and oxygen atoms in total. The minimum atomic E-state index is -2.87. The van der Waals surface area contributed by atoms with Crippen LogP contribution in [-0.4, -0.2) is 180 Å². The number of aliphatic hydroxyl groups is 4. The van der Waals surface area contributed by atoms with Crippen LogP contribution in [0.5, 0.6) is 0 Å². The zero-order valence-electron chi connectivity index (χ0n) is 48.4. The number of rotatable bonds is 56. The van der Waals surface area contributed by atoms with Crippen molar-refractivity contribution in [3.05, 3.63) is 0 Å². The van der Waals surface area contributed by atoms with E-state index in [9.17, 15) is 20.4 Å². The molecule has 0 amide bonds. The monoisotopic (exact) mass is 1120 g/mol. The van der Waals surface area contributed by atoms with Crippen LogP contribution in [0.2, 0.25) is 77.6 Å². The second-order valence-electron chi connectivity index (χ2n) is 22.6. The Kier molecular flexibility index (Phi) is 45.7. The first-order valence-electron chi connectivity index (χ1n) is 28.6. The molecule has 0 aliphatic heterocycles. The average molecular weight is 1120 g/mol. The number of aliphatic hydroxyl groups excluding tert-OH is 4. The number of unbranched alkanes of at least 4 members (excludes halogenated alkanes) is 17. The third kappa shape index (κ3) is 48.8. The van der Waals surface area contributed by atoms with Gasteiger partial charge in [-0.25, -0.2) is 0 Å². The first-order chi connectivity index (χ1) is 34.2. The van der Waals surface area contributed by atoms with Gasteiger partial charge in [-0.3, -0.25) is 0 Å². The summed E-state index contributed by atoms with van der Waals surface area (Å²) < 4.78 is 68.8. The molecular weight excluding hydrogens is 1000 g/mol. The summed E-state index contributed by atoms with van der Waals surface area (Å²) in [4.78, 5) is 0. The summed E-state index contributed by atoms with van der Waals surface area (Å²) in [7, 11) is -12.2. The lowest BCUT2D eigenvalue weighted by molar-refractivity contribution is -0.0874. The molecule has 0 heterocycles. The predicted octanol–water partition coefficient (Wildman–Crippen LogP) is 11.0. The number of hydrogen-bond donors (Lipinski definition) is 4. The molecule has 4 atom stereocenters. The van der Waals surface area contributed by atoms with Gasteiger partial charge in [0.25, 0.3) is 0 Å². The van der Waals surface area contributed by atoms with E-state index in [-0.39, 0.29) is 26.4 Å². The lowest BCUT2D eigenvalue weighted by Crippen LogP contribution is -2.60. The van der Waals surface area contributed by atoms with Gasteiger partial charge in [0, 0.05) is 33.0 Å². The Bertz CT molecular complexity index is 1180. The Morgan fingerprint density at radius 2 is 0.667 bits per heavy atom. The highest BCUT2D eigenvalue weighted by molar-refractivity contribution is 6.90. The highest BCUT2D eigenvalue weighted by Gasteiger charge is 2.48. The van der Waals surface area contributed by atoms with Crippen molar-refractivity contribution >= 4 is 42.3 Å². The molecule has 0 radical (unpaired) electrons. The molecule has 0 fully saturated rings. The molecule has 0 aromatic carbocycles. The fraction of sp³-hybridized carbons (Fsp3) is 1.00. The summed E-state index contributed by atoms with van der Waals surface area (Å²) in [6, 6.07) is 1.41.